The predicted octanol–water partition coefficient (Wildman–Crippen LogP) is -2.52. The van der Waals surface area contributed by atoms with Crippen molar-refractivity contribution in [3.63, 3.8) is 0 Å². The topological polar surface area (TPSA) is 35.8 Å². The van der Waals surface area contributed by atoms with Crippen LogP contribution in [0.25, 0.3) is 0 Å². The van der Waals surface area contributed by atoms with E-state index >= 15 is 0 Å². The van der Waals surface area contributed by atoms with Gasteiger partial charge in [0.2, 0.25) is 0 Å². The van der Waals surface area contributed by atoms with Crippen LogP contribution in [-0.2, 0) is 0 Å². The van der Waals surface area contributed by atoms with Gasteiger partial charge in [-0.2, -0.15) is 5.26 Å². The summed E-state index contributed by atoms with van der Waals surface area (Å²) in [5.41, 5.74) is -1.02. The smallest absolute Gasteiger partial charge is 0.445 e. The maximum absolute atomic E-state index is 12.6. The molecule has 0 saturated heterocycles. The van der Waals surface area contributed by atoms with Crippen LogP contribution in [0.15, 0.2) is 48.5 Å². The van der Waals surface area contributed by atoms with Crippen molar-refractivity contribution < 1.29 is 129 Å². The first-order valence-corrected chi connectivity index (χ1v) is 6.87. The van der Waals surface area contributed by atoms with Crippen LogP contribution in [-0.4, -0.2) is 14.0 Å². The molecule has 2 aromatic carbocycles. The molecule has 0 saturated carbocycles. The summed E-state index contributed by atoms with van der Waals surface area (Å²) in [4.78, 5) is 0. The largest absolute Gasteiger partial charge is 1.00 e. The second kappa shape index (κ2) is 11.0. The molecule has 1 unspecified atom stereocenters. The van der Waals surface area contributed by atoms with Gasteiger partial charge in [-0.25, -0.2) is 0 Å². The summed E-state index contributed by atoms with van der Waals surface area (Å²) in [7, 11) is 0. The van der Waals surface area contributed by atoms with Crippen molar-refractivity contribution in [3.05, 3.63) is 54.1 Å². The maximum atomic E-state index is 12.6. The minimum absolute atomic E-state index is 0. The molecule has 1 N–H and O–H groups in total. The standard InChI is InChI=1S/C14H10B2F6N2.2K/c17-15(18,19)11-3-1-10(2-4-11)14(9-23)24-13-7-5-12(6-8-13)16(20,21)22;;/h1-8,14,24H;;/q-2;2*+1. The van der Waals surface area contributed by atoms with Gasteiger partial charge >= 0.3 is 117 Å². The van der Waals surface area contributed by atoms with E-state index < -0.39 is 30.9 Å². The quantitative estimate of drug-likeness (QED) is 0.429. The van der Waals surface area contributed by atoms with E-state index in [2.05, 4.69) is 5.32 Å². The van der Waals surface area contributed by atoms with Crippen LogP contribution in [0.3, 0.4) is 0 Å². The zero-order valence-corrected chi connectivity index (χ0v) is 20.3. The molecule has 0 aliphatic heterocycles. The van der Waals surface area contributed by atoms with Crippen LogP contribution in [0.4, 0.5) is 31.6 Å². The predicted molar refractivity (Wildman–Crippen MR) is 82.3 cm³/mol. The van der Waals surface area contributed by atoms with E-state index in [0.717, 1.165) is 24.3 Å². The van der Waals surface area contributed by atoms with E-state index in [0.29, 0.717) is 0 Å². The summed E-state index contributed by atoms with van der Waals surface area (Å²) in [6.07, 6.45) is 0. The average Bonchev–Trinajstić information content (AvgIpc) is 2.51. The van der Waals surface area contributed by atoms with E-state index in [1.807, 2.05) is 6.07 Å². The molecule has 0 bridgehead atoms. The van der Waals surface area contributed by atoms with Crippen molar-refractivity contribution in [1.82, 2.24) is 0 Å². The molecule has 26 heavy (non-hydrogen) atoms. The summed E-state index contributed by atoms with van der Waals surface area (Å²) in [6.45, 7) is -10.2. The molecule has 0 aliphatic carbocycles. The molecule has 0 fully saturated rings. The second-order valence-corrected chi connectivity index (χ2v) is 5.14. The van der Waals surface area contributed by atoms with Crippen LogP contribution in [0.1, 0.15) is 11.6 Å². The van der Waals surface area contributed by atoms with Gasteiger partial charge < -0.3 is 31.2 Å². The number of nitrogens with one attached hydrogen (secondary N) is 1. The Bertz CT molecular complexity index is 743. The number of hydrogen-bond acceptors (Lipinski definition) is 2. The molecule has 1 atom stereocenters. The molecule has 2 aromatic rings. The first kappa shape index (κ1) is 26.7. The fourth-order valence-electron chi connectivity index (χ4n) is 2.06. The van der Waals surface area contributed by atoms with Crippen LogP contribution in [0.2, 0.25) is 0 Å². The average molecular weight is 420 g/mol. The Balaban J connectivity index is 0.00000312. The Hall–Kier alpha value is 0.713. The molecule has 126 valence electrons. The van der Waals surface area contributed by atoms with Gasteiger partial charge in [-0.15, -0.1) is 10.9 Å². The Kier molecular flexibility index (Phi) is 11.3. The van der Waals surface area contributed by atoms with Crippen molar-refractivity contribution in [1.29, 1.82) is 5.26 Å². The Morgan fingerprint density at radius 2 is 1.12 bits per heavy atom. The summed E-state index contributed by atoms with van der Waals surface area (Å²) in [5, 5.41) is 11.8. The van der Waals surface area contributed by atoms with E-state index in [1.165, 1.54) is 24.3 Å². The fraction of sp³-hybridized carbons (Fsp3) is 0.0714. The van der Waals surface area contributed by atoms with Crippen molar-refractivity contribution >= 4 is 30.6 Å². The SMILES string of the molecule is N#CC(Nc1ccc([B-](F)(F)F)cc1)c1ccc([B-](F)(F)F)cc1.[K+].[K+]. The van der Waals surface area contributed by atoms with Gasteiger partial charge in [0.25, 0.3) is 0 Å². The minimum Gasteiger partial charge on any atom is -0.445 e. The van der Waals surface area contributed by atoms with Gasteiger partial charge in [0, 0.05) is 5.69 Å². The minimum atomic E-state index is -5.12. The number of benzene rings is 2. The summed E-state index contributed by atoms with van der Waals surface area (Å²) in [5.74, 6) is 0. The van der Waals surface area contributed by atoms with E-state index in [-0.39, 0.29) is 114 Å². The molecular formula is C14H10B2F6K2N2. The van der Waals surface area contributed by atoms with Crippen LogP contribution in [0.5, 0.6) is 0 Å². The summed E-state index contributed by atoms with van der Waals surface area (Å²) in [6, 6.07) is 9.05. The molecular weight excluding hydrogens is 410 g/mol. The van der Waals surface area contributed by atoms with Crippen LogP contribution in [0, 0.1) is 11.3 Å². The molecule has 0 radical (unpaired) electrons. The van der Waals surface area contributed by atoms with Crippen molar-refractivity contribution in [2.24, 2.45) is 0 Å². The molecule has 2 rings (SSSR count). The number of anilines is 1. The Labute approximate surface area is 232 Å². The van der Waals surface area contributed by atoms with E-state index in [4.69, 9.17) is 5.26 Å². The van der Waals surface area contributed by atoms with Gasteiger partial charge in [-0.3, -0.25) is 0 Å². The van der Waals surface area contributed by atoms with E-state index in [9.17, 15) is 25.9 Å². The van der Waals surface area contributed by atoms with Crippen LogP contribution < -0.4 is 119 Å². The molecule has 2 nitrogen and oxygen atoms in total. The third-order valence-corrected chi connectivity index (χ3v) is 3.38. The zero-order valence-electron chi connectivity index (χ0n) is 14.1. The number of rotatable bonds is 5. The van der Waals surface area contributed by atoms with Crippen LogP contribution >= 0.6 is 0 Å². The zero-order chi connectivity index (χ0) is 18.0. The summed E-state index contributed by atoms with van der Waals surface area (Å²) >= 11 is 0. The summed E-state index contributed by atoms with van der Waals surface area (Å²) < 4.78 is 75.4. The molecule has 0 amide bonds. The molecule has 0 aliphatic rings. The van der Waals surface area contributed by atoms with Crippen molar-refractivity contribution in [3.8, 4) is 6.07 Å². The molecule has 0 heterocycles. The number of nitriles is 1. The Morgan fingerprint density at radius 1 is 0.731 bits per heavy atom. The molecule has 0 aromatic heterocycles. The van der Waals surface area contributed by atoms with Gasteiger partial charge in [0.05, 0.1) is 6.07 Å². The van der Waals surface area contributed by atoms with Gasteiger partial charge in [-0.05, 0) is 17.7 Å². The number of hydrogen-bond donors (Lipinski definition) is 1. The third kappa shape index (κ3) is 7.62. The van der Waals surface area contributed by atoms with Gasteiger partial charge in [0.1, 0.15) is 6.04 Å². The fourth-order valence-corrected chi connectivity index (χ4v) is 2.06. The first-order chi connectivity index (χ1) is 11.1. The first-order valence-electron chi connectivity index (χ1n) is 6.87. The molecule has 0 spiro atoms. The van der Waals surface area contributed by atoms with Crippen molar-refractivity contribution in [2.75, 3.05) is 5.32 Å². The Morgan fingerprint density at radius 3 is 1.46 bits per heavy atom. The number of nitrogens with zero attached hydrogens (tertiary/aromatic N) is 1. The number of halogens is 6. The van der Waals surface area contributed by atoms with Gasteiger partial charge in [-0.1, -0.05) is 36.4 Å². The monoisotopic (exact) mass is 420 g/mol. The molecule has 12 heteroatoms. The normalized spacial score (nSPS) is 12.2. The van der Waals surface area contributed by atoms with Crippen molar-refractivity contribution in [2.45, 2.75) is 6.04 Å². The van der Waals surface area contributed by atoms with Gasteiger partial charge in [0.15, 0.2) is 0 Å². The maximum Gasteiger partial charge on any atom is 1.00 e. The third-order valence-electron chi connectivity index (χ3n) is 3.38. The van der Waals surface area contributed by atoms with E-state index in [1.54, 1.807) is 0 Å². The second-order valence-electron chi connectivity index (χ2n) is 5.14.